The van der Waals surface area contributed by atoms with Crippen LogP contribution in [0.15, 0.2) is 24.3 Å². The van der Waals surface area contributed by atoms with Gasteiger partial charge in [0.1, 0.15) is 0 Å². The van der Waals surface area contributed by atoms with E-state index in [0.717, 1.165) is 37.6 Å². The fraction of sp³-hybridized carbons (Fsp3) is 0.529. The second-order valence-corrected chi connectivity index (χ2v) is 6.19. The van der Waals surface area contributed by atoms with E-state index in [2.05, 4.69) is 24.1 Å². The number of amides is 2. The number of rotatable bonds is 4. The van der Waals surface area contributed by atoms with Crippen molar-refractivity contribution in [3.63, 3.8) is 0 Å². The van der Waals surface area contributed by atoms with E-state index in [-0.39, 0.29) is 11.8 Å². The van der Waals surface area contributed by atoms with Crippen molar-refractivity contribution in [2.45, 2.75) is 27.2 Å². The Labute approximate surface area is 132 Å². The first-order valence-electron chi connectivity index (χ1n) is 7.86. The van der Waals surface area contributed by atoms with Crippen molar-refractivity contribution in [3.05, 3.63) is 24.3 Å². The minimum atomic E-state index is -0.0648. The van der Waals surface area contributed by atoms with Crippen molar-refractivity contribution >= 4 is 23.2 Å². The molecular weight excluding hydrogens is 278 g/mol. The molecule has 120 valence electrons. The highest BCUT2D eigenvalue weighted by Gasteiger charge is 2.21. The molecule has 1 saturated heterocycles. The minimum absolute atomic E-state index is 0.0648. The van der Waals surface area contributed by atoms with Gasteiger partial charge in [0.25, 0.3) is 0 Å². The van der Waals surface area contributed by atoms with E-state index in [0.29, 0.717) is 12.3 Å². The normalized spacial score (nSPS) is 15.1. The highest BCUT2D eigenvalue weighted by molar-refractivity contribution is 5.88. The quantitative estimate of drug-likeness (QED) is 0.929. The Bertz CT molecular complexity index is 517. The average Bonchev–Trinajstić information content (AvgIpc) is 2.47. The Morgan fingerprint density at radius 1 is 1.09 bits per heavy atom. The second kappa shape index (κ2) is 7.29. The maximum atomic E-state index is 12.1. The summed E-state index contributed by atoms with van der Waals surface area (Å²) in [6.45, 7) is 8.90. The number of nitrogens with one attached hydrogen (secondary N) is 1. The zero-order valence-corrected chi connectivity index (χ0v) is 13.6. The molecule has 0 bridgehead atoms. The zero-order chi connectivity index (χ0) is 16.1. The van der Waals surface area contributed by atoms with Crippen molar-refractivity contribution in [1.29, 1.82) is 0 Å². The third-order valence-electron chi connectivity index (χ3n) is 3.77. The van der Waals surface area contributed by atoms with Gasteiger partial charge in [-0.05, 0) is 30.2 Å². The molecular formula is C17H25N3O2. The first kappa shape index (κ1) is 16.3. The summed E-state index contributed by atoms with van der Waals surface area (Å²) in [6, 6.07) is 7.84. The van der Waals surface area contributed by atoms with E-state index < -0.39 is 0 Å². The van der Waals surface area contributed by atoms with Crippen LogP contribution >= 0.6 is 0 Å². The molecule has 0 aliphatic carbocycles. The van der Waals surface area contributed by atoms with E-state index >= 15 is 0 Å². The minimum Gasteiger partial charge on any atom is -0.368 e. The number of nitrogens with zero attached hydrogens (tertiary/aromatic N) is 2. The number of hydrogen-bond donors (Lipinski definition) is 1. The molecule has 0 spiro atoms. The third-order valence-corrected chi connectivity index (χ3v) is 3.77. The van der Waals surface area contributed by atoms with Gasteiger partial charge in [-0.3, -0.25) is 9.59 Å². The lowest BCUT2D eigenvalue weighted by Gasteiger charge is -2.36. The molecule has 0 saturated carbocycles. The summed E-state index contributed by atoms with van der Waals surface area (Å²) in [5, 5.41) is 2.76. The standard InChI is InChI=1S/C17H25N3O2/c1-13(2)12-17(22)20-10-8-19(9-11-20)16-6-4-15(5-7-16)18-14(3)21/h4-7,13H,8-12H2,1-3H3,(H,18,21). The fourth-order valence-electron chi connectivity index (χ4n) is 2.65. The lowest BCUT2D eigenvalue weighted by molar-refractivity contribution is -0.132. The SMILES string of the molecule is CC(=O)Nc1ccc(N2CCN(C(=O)CC(C)C)CC2)cc1. The first-order chi connectivity index (χ1) is 10.5. The van der Waals surface area contributed by atoms with Crippen LogP contribution in [0.25, 0.3) is 0 Å². The summed E-state index contributed by atoms with van der Waals surface area (Å²) in [4.78, 5) is 27.3. The Morgan fingerprint density at radius 3 is 2.18 bits per heavy atom. The summed E-state index contributed by atoms with van der Waals surface area (Å²) < 4.78 is 0. The van der Waals surface area contributed by atoms with Crippen molar-refractivity contribution in [2.75, 3.05) is 36.4 Å². The van der Waals surface area contributed by atoms with Gasteiger partial charge in [-0.2, -0.15) is 0 Å². The highest BCUT2D eigenvalue weighted by atomic mass is 16.2. The van der Waals surface area contributed by atoms with Crippen LogP contribution in [0.5, 0.6) is 0 Å². The lowest BCUT2D eigenvalue weighted by atomic mass is 10.1. The van der Waals surface area contributed by atoms with Crippen molar-refractivity contribution < 1.29 is 9.59 Å². The van der Waals surface area contributed by atoms with Gasteiger partial charge in [0.05, 0.1) is 0 Å². The first-order valence-corrected chi connectivity index (χ1v) is 7.86. The van der Waals surface area contributed by atoms with Gasteiger partial charge in [-0.15, -0.1) is 0 Å². The van der Waals surface area contributed by atoms with E-state index in [1.165, 1.54) is 6.92 Å². The molecule has 1 N–H and O–H groups in total. The number of piperazine rings is 1. The molecule has 1 aromatic carbocycles. The maximum Gasteiger partial charge on any atom is 0.222 e. The van der Waals surface area contributed by atoms with Gasteiger partial charge in [0.15, 0.2) is 0 Å². The molecule has 5 heteroatoms. The van der Waals surface area contributed by atoms with Gasteiger partial charge in [-0.1, -0.05) is 13.8 Å². The summed E-state index contributed by atoms with van der Waals surface area (Å²) >= 11 is 0. The molecule has 1 fully saturated rings. The molecule has 5 nitrogen and oxygen atoms in total. The summed E-state index contributed by atoms with van der Waals surface area (Å²) in [6.07, 6.45) is 0.630. The molecule has 0 radical (unpaired) electrons. The third kappa shape index (κ3) is 4.48. The summed E-state index contributed by atoms with van der Waals surface area (Å²) in [7, 11) is 0. The molecule has 1 aliphatic heterocycles. The number of carbonyl (C=O) groups excluding carboxylic acids is 2. The van der Waals surface area contributed by atoms with Crippen LogP contribution in [-0.4, -0.2) is 42.9 Å². The van der Waals surface area contributed by atoms with Crippen LogP contribution in [0.2, 0.25) is 0 Å². The van der Waals surface area contributed by atoms with Crippen LogP contribution in [-0.2, 0) is 9.59 Å². The van der Waals surface area contributed by atoms with Crippen LogP contribution in [0.1, 0.15) is 27.2 Å². The number of carbonyl (C=O) groups is 2. The summed E-state index contributed by atoms with van der Waals surface area (Å²) in [5.74, 6) is 0.604. The van der Waals surface area contributed by atoms with Crippen LogP contribution in [0.3, 0.4) is 0 Å². The lowest BCUT2D eigenvalue weighted by Crippen LogP contribution is -2.49. The fourth-order valence-corrected chi connectivity index (χ4v) is 2.65. The molecule has 0 unspecified atom stereocenters. The Morgan fingerprint density at radius 2 is 1.68 bits per heavy atom. The molecule has 1 aromatic rings. The molecule has 1 heterocycles. The molecule has 22 heavy (non-hydrogen) atoms. The highest BCUT2D eigenvalue weighted by Crippen LogP contribution is 2.20. The van der Waals surface area contributed by atoms with E-state index in [1.807, 2.05) is 29.2 Å². The Hall–Kier alpha value is -2.04. The van der Waals surface area contributed by atoms with Crippen LogP contribution in [0, 0.1) is 5.92 Å². The van der Waals surface area contributed by atoms with E-state index in [4.69, 9.17) is 0 Å². The summed E-state index contributed by atoms with van der Waals surface area (Å²) in [5.41, 5.74) is 1.94. The number of anilines is 2. The van der Waals surface area contributed by atoms with Crippen LogP contribution < -0.4 is 10.2 Å². The monoisotopic (exact) mass is 303 g/mol. The van der Waals surface area contributed by atoms with Gasteiger partial charge in [0.2, 0.25) is 11.8 Å². The van der Waals surface area contributed by atoms with Gasteiger partial charge >= 0.3 is 0 Å². The van der Waals surface area contributed by atoms with Crippen LogP contribution in [0.4, 0.5) is 11.4 Å². The van der Waals surface area contributed by atoms with Gasteiger partial charge in [-0.25, -0.2) is 0 Å². The molecule has 1 aliphatic rings. The van der Waals surface area contributed by atoms with E-state index in [1.54, 1.807) is 0 Å². The molecule has 2 amide bonds. The molecule has 2 rings (SSSR count). The predicted molar refractivity (Wildman–Crippen MR) is 89.0 cm³/mol. The Kier molecular flexibility index (Phi) is 5.41. The number of hydrogen-bond acceptors (Lipinski definition) is 3. The average molecular weight is 303 g/mol. The van der Waals surface area contributed by atoms with Gasteiger partial charge < -0.3 is 15.1 Å². The van der Waals surface area contributed by atoms with Gasteiger partial charge in [0, 0.05) is 50.9 Å². The number of benzene rings is 1. The van der Waals surface area contributed by atoms with E-state index in [9.17, 15) is 9.59 Å². The molecule has 0 aromatic heterocycles. The largest absolute Gasteiger partial charge is 0.368 e. The Balaban J connectivity index is 1.88. The second-order valence-electron chi connectivity index (χ2n) is 6.19. The van der Waals surface area contributed by atoms with Crippen molar-refractivity contribution in [1.82, 2.24) is 4.90 Å². The van der Waals surface area contributed by atoms with Crippen molar-refractivity contribution in [3.8, 4) is 0 Å². The maximum absolute atomic E-state index is 12.1. The zero-order valence-electron chi connectivity index (χ0n) is 13.6. The predicted octanol–water partition coefficient (Wildman–Crippen LogP) is 2.34. The van der Waals surface area contributed by atoms with Crippen molar-refractivity contribution in [2.24, 2.45) is 5.92 Å². The topological polar surface area (TPSA) is 52.7 Å². The smallest absolute Gasteiger partial charge is 0.222 e. The molecule has 0 atom stereocenters.